The Balaban J connectivity index is 2.80. The number of likely N-dealkylation sites (N-methyl/N-ethyl adjacent to an activating group) is 2. The molecule has 0 saturated heterocycles. The molecule has 100 valence electrons. The van der Waals surface area contributed by atoms with Crippen molar-refractivity contribution in [2.75, 3.05) is 33.3 Å². The highest BCUT2D eigenvalue weighted by molar-refractivity contribution is 5.82. The molecule has 1 rings (SSSR count). The van der Waals surface area contributed by atoms with Gasteiger partial charge in [0.05, 0.1) is 6.61 Å². The molecular formula is C13H26N2O2. The van der Waals surface area contributed by atoms with Crippen LogP contribution >= 0.6 is 0 Å². The zero-order valence-electron chi connectivity index (χ0n) is 11.6. The number of nitrogens with zero attached hydrogens (tertiary/aromatic N) is 1. The molecule has 17 heavy (non-hydrogen) atoms. The van der Waals surface area contributed by atoms with Crippen LogP contribution in [0.1, 0.15) is 33.6 Å². The summed E-state index contributed by atoms with van der Waals surface area (Å²) in [7, 11) is 1.87. The Morgan fingerprint density at radius 3 is 2.29 bits per heavy atom. The number of rotatable bonds is 8. The molecule has 0 aliphatic heterocycles. The van der Waals surface area contributed by atoms with Gasteiger partial charge in [-0.2, -0.15) is 0 Å². The lowest BCUT2D eigenvalue weighted by molar-refractivity contribution is -0.153. The van der Waals surface area contributed by atoms with Gasteiger partial charge in [-0.25, -0.2) is 4.79 Å². The normalized spacial score (nSPS) is 19.1. The molecule has 4 nitrogen and oxygen atoms in total. The monoisotopic (exact) mass is 242 g/mol. The van der Waals surface area contributed by atoms with E-state index in [0.717, 1.165) is 32.5 Å². The third kappa shape index (κ3) is 3.19. The van der Waals surface area contributed by atoms with Crippen LogP contribution in [-0.4, -0.2) is 49.7 Å². The average Bonchev–Trinajstić information content (AvgIpc) is 3.16. The first-order chi connectivity index (χ1) is 8.14. The van der Waals surface area contributed by atoms with Crippen LogP contribution in [0.3, 0.4) is 0 Å². The Kier molecular flexibility index (Phi) is 5.40. The summed E-state index contributed by atoms with van der Waals surface area (Å²) in [6.07, 6.45) is 2.25. The molecule has 0 aromatic rings. The Morgan fingerprint density at radius 1 is 1.35 bits per heavy atom. The van der Waals surface area contributed by atoms with Crippen LogP contribution in [0.15, 0.2) is 0 Å². The maximum absolute atomic E-state index is 12.2. The predicted octanol–water partition coefficient (Wildman–Crippen LogP) is 1.26. The van der Waals surface area contributed by atoms with Crippen LogP contribution in [-0.2, 0) is 9.53 Å². The predicted molar refractivity (Wildman–Crippen MR) is 68.9 cm³/mol. The van der Waals surface area contributed by atoms with Gasteiger partial charge >= 0.3 is 5.97 Å². The zero-order chi connectivity index (χ0) is 12.9. The van der Waals surface area contributed by atoms with E-state index in [-0.39, 0.29) is 5.97 Å². The molecule has 0 radical (unpaired) electrons. The summed E-state index contributed by atoms with van der Waals surface area (Å²) < 4.78 is 5.26. The largest absolute Gasteiger partial charge is 0.465 e. The van der Waals surface area contributed by atoms with Crippen molar-refractivity contribution in [3.63, 3.8) is 0 Å². The molecule has 0 aromatic carbocycles. The molecule has 1 atom stereocenters. The van der Waals surface area contributed by atoms with Crippen molar-refractivity contribution in [2.24, 2.45) is 5.92 Å². The number of carbonyl (C=O) groups excluding carboxylic acids is 1. The summed E-state index contributed by atoms with van der Waals surface area (Å²) in [5.74, 6) is 0.351. The van der Waals surface area contributed by atoms with Crippen LogP contribution in [0.2, 0.25) is 0 Å². The maximum atomic E-state index is 12.2. The molecule has 1 aliphatic carbocycles. The van der Waals surface area contributed by atoms with Crippen molar-refractivity contribution >= 4 is 5.97 Å². The summed E-state index contributed by atoms with van der Waals surface area (Å²) in [5.41, 5.74) is -0.498. The number of hydrogen-bond donors (Lipinski definition) is 1. The lowest BCUT2D eigenvalue weighted by atomic mass is 9.92. The van der Waals surface area contributed by atoms with E-state index in [1.54, 1.807) is 0 Å². The summed E-state index contributed by atoms with van der Waals surface area (Å²) in [6, 6.07) is 0. The van der Waals surface area contributed by atoms with Crippen molar-refractivity contribution < 1.29 is 9.53 Å². The van der Waals surface area contributed by atoms with Gasteiger partial charge in [0.1, 0.15) is 5.54 Å². The molecule has 0 bridgehead atoms. The van der Waals surface area contributed by atoms with Gasteiger partial charge < -0.3 is 15.0 Å². The van der Waals surface area contributed by atoms with E-state index in [2.05, 4.69) is 24.1 Å². The second-order valence-corrected chi connectivity index (χ2v) is 4.68. The number of nitrogens with one attached hydrogen (secondary N) is 1. The first kappa shape index (κ1) is 14.5. The smallest absolute Gasteiger partial charge is 0.327 e. The van der Waals surface area contributed by atoms with Crippen LogP contribution in [0.5, 0.6) is 0 Å². The molecule has 0 amide bonds. The first-order valence-corrected chi connectivity index (χ1v) is 6.73. The molecule has 0 aromatic heterocycles. The van der Waals surface area contributed by atoms with Gasteiger partial charge in [0, 0.05) is 6.54 Å². The quantitative estimate of drug-likeness (QED) is 0.651. The molecule has 1 aliphatic rings. The molecule has 0 spiro atoms. The van der Waals surface area contributed by atoms with Crippen molar-refractivity contribution in [2.45, 2.75) is 39.2 Å². The van der Waals surface area contributed by atoms with E-state index >= 15 is 0 Å². The van der Waals surface area contributed by atoms with Gasteiger partial charge in [-0.1, -0.05) is 13.8 Å². The number of ether oxygens (including phenoxy) is 1. The second-order valence-electron chi connectivity index (χ2n) is 4.68. The number of carbonyl (C=O) groups is 1. The fraction of sp³-hybridized carbons (Fsp3) is 0.923. The van der Waals surface area contributed by atoms with Gasteiger partial charge in [0.15, 0.2) is 0 Å². The third-order valence-electron chi connectivity index (χ3n) is 3.73. The van der Waals surface area contributed by atoms with Crippen LogP contribution in [0.25, 0.3) is 0 Å². The van der Waals surface area contributed by atoms with Crippen molar-refractivity contribution in [3.8, 4) is 0 Å². The van der Waals surface area contributed by atoms with Gasteiger partial charge in [-0.05, 0) is 45.8 Å². The molecule has 4 heteroatoms. The topological polar surface area (TPSA) is 41.6 Å². The molecule has 1 N–H and O–H groups in total. The van der Waals surface area contributed by atoms with E-state index in [1.807, 2.05) is 14.0 Å². The van der Waals surface area contributed by atoms with Crippen molar-refractivity contribution in [3.05, 3.63) is 0 Å². The molecule has 1 unspecified atom stereocenters. The van der Waals surface area contributed by atoms with E-state index in [0.29, 0.717) is 12.5 Å². The SMILES string of the molecule is CCOC(=O)C(CN(CC)CC)(NC)C1CC1. The summed E-state index contributed by atoms with van der Waals surface area (Å²) in [4.78, 5) is 14.5. The maximum Gasteiger partial charge on any atom is 0.327 e. The van der Waals surface area contributed by atoms with Crippen LogP contribution in [0, 0.1) is 5.92 Å². The summed E-state index contributed by atoms with van der Waals surface area (Å²) in [5, 5.41) is 3.24. The minimum Gasteiger partial charge on any atom is -0.465 e. The van der Waals surface area contributed by atoms with Crippen molar-refractivity contribution in [1.29, 1.82) is 0 Å². The Bertz CT molecular complexity index is 250. The highest BCUT2D eigenvalue weighted by atomic mass is 16.5. The van der Waals surface area contributed by atoms with Crippen LogP contribution < -0.4 is 5.32 Å². The summed E-state index contributed by atoms with van der Waals surface area (Å²) >= 11 is 0. The van der Waals surface area contributed by atoms with Gasteiger partial charge in [-0.3, -0.25) is 0 Å². The van der Waals surface area contributed by atoms with Gasteiger partial charge in [0.2, 0.25) is 0 Å². The lowest BCUT2D eigenvalue weighted by Gasteiger charge is -2.35. The fourth-order valence-corrected chi connectivity index (χ4v) is 2.38. The fourth-order valence-electron chi connectivity index (χ4n) is 2.38. The second kappa shape index (κ2) is 6.36. The highest BCUT2D eigenvalue weighted by Crippen LogP contribution is 2.40. The molecule has 0 heterocycles. The van der Waals surface area contributed by atoms with E-state index in [9.17, 15) is 4.79 Å². The highest BCUT2D eigenvalue weighted by Gasteiger charge is 2.51. The van der Waals surface area contributed by atoms with Gasteiger partial charge in [-0.15, -0.1) is 0 Å². The van der Waals surface area contributed by atoms with Gasteiger partial charge in [0.25, 0.3) is 0 Å². The molecular weight excluding hydrogens is 216 g/mol. The van der Waals surface area contributed by atoms with Crippen molar-refractivity contribution in [1.82, 2.24) is 10.2 Å². The minimum absolute atomic E-state index is 0.0862. The Hall–Kier alpha value is -0.610. The molecule has 1 saturated carbocycles. The Labute approximate surface area is 105 Å². The van der Waals surface area contributed by atoms with E-state index in [1.165, 1.54) is 0 Å². The minimum atomic E-state index is -0.498. The average molecular weight is 242 g/mol. The Morgan fingerprint density at radius 2 is 1.94 bits per heavy atom. The zero-order valence-corrected chi connectivity index (χ0v) is 11.6. The standard InChI is InChI=1S/C13H26N2O2/c1-5-15(6-2)10-13(14-4,11-8-9-11)12(16)17-7-3/h11,14H,5-10H2,1-4H3. The molecule has 1 fully saturated rings. The first-order valence-electron chi connectivity index (χ1n) is 6.73. The number of hydrogen-bond acceptors (Lipinski definition) is 4. The number of esters is 1. The summed E-state index contributed by atoms with van der Waals surface area (Å²) in [6.45, 7) is 9.25. The third-order valence-corrected chi connectivity index (χ3v) is 3.73. The van der Waals surface area contributed by atoms with Crippen LogP contribution in [0.4, 0.5) is 0 Å². The lowest BCUT2D eigenvalue weighted by Crippen LogP contribution is -2.60. The van der Waals surface area contributed by atoms with E-state index < -0.39 is 5.54 Å². The van der Waals surface area contributed by atoms with E-state index in [4.69, 9.17) is 4.74 Å².